The van der Waals surface area contributed by atoms with E-state index in [-0.39, 0.29) is 37.1 Å². The molecule has 2 heterocycles. The second-order valence-electron chi connectivity index (χ2n) is 13.3. The molecule has 5 N–H and O–H groups in total. The van der Waals surface area contributed by atoms with Gasteiger partial charge in [-0.05, 0) is 64.4 Å². The fourth-order valence-electron chi connectivity index (χ4n) is 6.45. The molecule has 8 heteroatoms. The third kappa shape index (κ3) is 16.7. The number of carbonyl (C=O) groups excluding carboxylic acids is 1. The van der Waals surface area contributed by atoms with Crippen LogP contribution in [0.25, 0.3) is 0 Å². The largest absolute Gasteiger partial charge is 0.455 e. The number of carbonyl (C=O) groups is 1. The van der Waals surface area contributed by atoms with E-state index in [1.165, 1.54) is 57.8 Å². The standard InChI is InChI=1S/C35H64O8/c1-3-4-5-6-7-8-9-10-11-14-17-31(39)33-21-22-34(43-33)32(40)18-15-12-13-16-28(36)25-30(38)20-19-29(37)24-27-23-26(2)42-35(27)41/h23,26,28-34,36-40H,3-22,24-25H2,1-2H3/t26-,28-,29+,30+,31-,32+,33+,34+/m0/s1. The van der Waals surface area contributed by atoms with Crippen LogP contribution in [0.2, 0.25) is 0 Å². The van der Waals surface area contributed by atoms with Gasteiger partial charge in [-0.15, -0.1) is 0 Å². The van der Waals surface area contributed by atoms with Crippen molar-refractivity contribution < 1.29 is 39.8 Å². The van der Waals surface area contributed by atoms with E-state index in [0.29, 0.717) is 31.3 Å². The summed E-state index contributed by atoms with van der Waals surface area (Å²) in [5, 5.41) is 52.0. The molecule has 0 bridgehead atoms. The zero-order valence-electron chi connectivity index (χ0n) is 27.2. The SMILES string of the molecule is CCCCCCCCCCCC[C@H](O)[C@H]1CC[C@H]([C@H](O)CCCCC[C@H](O)C[C@H](O)CC[C@@H](O)CC2=C[C@H](C)OC2=O)O1. The Morgan fingerprint density at radius 2 is 1.14 bits per heavy atom. The van der Waals surface area contributed by atoms with Crippen molar-refractivity contribution in [3.05, 3.63) is 11.6 Å². The fraction of sp³-hybridized carbons (Fsp3) is 0.914. The van der Waals surface area contributed by atoms with Crippen molar-refractivity contribution in [3.63, 3.8) is 0 Å². The summed E-state index contributed by atoms with van der Waals surface area (Å²) in [5.74, 6) is -0.386. The van der Waals surface area contributed by atoms with Crippen LogP contribution in [0.15, 0.2) is 11.6 Å². The molecule has 2 rings (SSSR count). The third-order valence-corrected chi connectivity index (χ3v) is 9.16. The van der Waals surface area contributed by atoms with Crippen LogP contribution in [0.4, 0.5) is 0 Å². The van der Waals surface area contributed by atoms with Crippen LogP contribution in [0.5, 0.6) is 0 Å². The fourth-order valence-corrected chi connectivity index (χ4v) is 6.45. The van der Waals surface area contributed by atoms with Crippen molar-refractivity contribution in [1.29, 1.82) is 0 Å². The molecule has 2 aliphatic heterocycles. The van der Waals surface area contributed by atoms with Crippen LogP contribution in [0, 0.1) is 0 Å². The van der Waals surface area contributed by atoms with Gasteiger partial charge in [0.25, 0.3) is 0 Å². The molecule has 43 heavy (non-hydrogen) atoms. The van der Waals surface area contributed by atoms with Crippen LogP contribution in [-0.2, 0) is 14.3 Å². The van der Waals surface area contributed by atoms with E-state index >= 15 is 0 Å². The van der Waals surface area contributed by atoms with Gasteiger partial charge in [-0.3, -0.25) is 0 Å². The van der Waals surface area contributed by atoms with Crippen molar-refractivity contribution in [2.24, 2.45) is 0 Å². The molecule has 0 aromatic carbocycles. The van der Waals surface area contributed by atoms with Gasteiger partial charge in [0.15, 0.2) is 0 Å². The summed E-state index contributed by atoms with van der Waals surface area (Å²) in [5.41, 5.74) is 0.483. The minimum Gasteiger partial charge on any atom is -0.455 e. The van der Waals surface area contributed by atoms with Crippen molar-refractivity contribution >= 4 is 5.97 Å². The van der Waals surface area contributed by atoms with E-state index in [1.807, 2.05) is 0 Å². The number of cyclic esters (lactones) is 1. The molecule has 1 fully saturated rings. The Morgan fingerprint density at radius 3 is 1.67 bits per heavy atom. The molecule has 0 unspecified atom stereocenters. The summed E-state index contributed by atoms with van der Waals surface area (Å²) in [6.45, 7) is 4.02. The third-order valence-electron chi connectivity index (χ3n) is 9.16. The van der Waals surface area contributed by atoms with E-state index in [2.05, 4.69) is 6.92 Å². The zero-order valence-corrected chi connectivity index (χ0v) is 27.2. The molecule has 8 atom stereocenters. The highest BCUT2D eigenvalue weighted by atomic mass is 16.5. The average Bonchev–Trinajstić information content (AvgIpc) is 3.58. The lowest BCUT2D eigenvalue weighted by atomic mass is 9.97. The Kier molecular flexibility index (Phi) is 19.9. The molecule has 1 saturated heterocycles. The van der Waals surface area contributed by atoms with Gasteiger partial charge in [0.05, 0.1) is 42.7 Å². The summed E-state index contributed by atoms with van der Waals surface area (Å²) in [7, 11) is 0. The predicted molar refractivity (Wildman–Crippen MR) is 170 cm³/mol. The Bertz CT molecular complexity index is 758. The lowest BCUT2D eigenvalue weighted by molar-refractivity contribution is -0.139. The molecule has 8 nitrogen and oxygen atoms in total. The van der Waals surface area contributed by atoms with Gasteiger partial charge in [0.2, 0.25) is 0 Å². The normalized spacial score (nSPS) is 24.0. The second kappa shape index (κ2) is 22.5. The van der Waals surface area contributed by atoms with Gasteiger partial charge < -0.3 is 35.0 Å². The lowest BCUT2D eigenvalue weighted by Gasteiger charge is -2.22. The van der Waals surface area contributed by atoms with E-state index < -0.39 is 30.5 Å². The Balaban J connectivity index is 1.45. The summed E-state index contributed by atoms with van der Waals surface area (Å²) in [4.78, 5) is 11.7. The lowest BCUT2D eigenvalue weighted by Crippen LogP contribution is -2.31. The maximum Gasteiger partial charge on any atom is 0.334 e. The zero-order chi connectivity index (χ0) is 31.5. The Labute approximate surface area is 261 Å². The number of rotatable bonds is 26. The average molecular weight is 613 g/mol. The van der Waals surface area contributed by atoms with Crippen LogP contribution in [-0.4, -0.2) is 80.3 Å². The monoisotopic (exact) mass is 612 g/mol. The summed E-state index contributed by atoms with van der Waals surface area (Å²) >= 11 is 0. The van der Waals surface area contributed by atoms with Crippen LogP contribution < -0.4 is 0 Å². The van der Waals surface area contributed by atoms with E-state index in [0.717, 1.165) is 44.9 Å². The smallest absolute Gasteiger partial charge is 0.334 e. The summed E-state index contributed by atoms with van der Waals surface area (Å²) < 4.78 is 11.1. The molecular formula is C35H64O8. The summed E-state index contributed by atoms with van der Waals surface area (Å²) in [6.07, 6.45) is 18.2. The summed E-state index contributed by atoms with van der Waals surface area (Å²) in [6, 6.07) is 0. The number of hydrogen-bond donors (Lipinski definition) is 5. The number of ether oxygens (including phenoxy) is 2. The number of aliphatic hydroxyl groups excluding tert-OH is 5. The van der Waals surface area contributed by atoms with Gasteiger partial charge in [-0.25, -0.2) is 4.79 Å². The highest BCUT2D eigenvalue weighted by Crippen LogP contribution is 2.28. The van der Waals surface area contributed by atoms with E-state index in [4.69, 9.17) is 9.47 Å². The van der Waals surface area contributed by atoms with Gasteiger partial charge >= 0.3 is 5.97 Å². The minimum atomic E-state index is -0.728. The first-order valence-corrected chi connectivity index (χ1v) is 17.7. The second-order valence-corrected chi connectivity index (χ2v) is 13.3. The number of esters is 1. The van der Waals surface area contributed by atoms with Crippen LogP contribution in [0.3, 0.4) is 0 Å². The maximum absolute atomic E-state index is 11.7. The highest BCUT2D eigenvalue weighted by molar-refractivity contribution is 5.90. The molecule has 0 spiro atoms. The van der Waals surface area contributed by atoms with E-state index in [9.17, 15) is 30.3 Å². The molecule has 0 aromatic heterocycles. The van der Waals surface area contributed by atoms with Crippen molar-refractivity contribution in [2.45, 2.75) is 204 Å². The minimum absolute atomic E-state index is 0.166. The molecular weight excluding hydrogens is 548 g/mol. The number of aliphatic hydroxyl groups is 5. The number of hydrogen-bond acceptors (Lipinski definition) is 8. The molecule has 0 amide bonds. The Hall–Kier alpha value is -1.03. The van der Waals surface area contributed by atoms with Crippen LogP contribution in [0.1, 0.15) is 155 Å². The molecule has 0 aliphatic carbocycles. The van der Waals surface area contributed by atoms with Gasteiger partial charge in [0, 0.05) is 12.0 Å². The van der Waals surface area contributed by atoms with Gasteiger partial charge in [-0.2, -0.15) is 0 Å². The predicted octanol–water partition coefficient (Wildman–Crippen LogP) is 6.03. The highest BCUT2D eigenvalue weighted by Gasteiger charge is 2.34. The van der Waals surface area contributed by atoms with Crippen molar-refractivity contribution in [2.75, 3.05) is 0 Å². The first-order valence-electron chi connectivity index (χ1n) is 17.7. The van der Waals surface area contributed by atoms with Gasteiger partial charge in [0.1, 0.15) is 6.10 Å². The van der Waals surface area contributed by atoms with Crippen molar-refractivity contribution in [3.8, 4) is 0 Å². The Morgan fingerprint density at radius 1 is 0.674 bits per heavy atom. The topological polar surface area (TPSA) is 137 Å². The quantitative estimate of drug-likeness (QED) is 0.0590. The first-order chi connectivity index (χ1) is 20.7. The number of unbranched alkanes of at least 4 members (excludes halogenated alkanes) is 11. The van der Waals surface area contributed by atoms with Crippen molar-refractivity contribution in [1.82, 2.24) is 0 Å². The molecule has 2 aliphatic rings. The molecule has 0 saturated carbocycles. The maximum atomic E-state index is 11.7. The molecule has 0 radical (unpaired) electrons. The van der Waals surface area contributed by atoms with Crippen LogP contribution >= 0.6 is 0 Å². The van der Waals surface area contributed by atoms with E-state index in [1.54, 1.807) is 13.0 Å². The first kappa shape index (κ1) is 38.2. The molecule has 0 aromatic rings. The molecule has 252 valence electrons. The van der Waals surface area contributed by atoms with Gasteiger partial charge in [-0.1, -0.05) is 90.4 Å².